The van der Waals surface area contributed by atoms with Crippen LogP contribution < -0.4 is 9.47 Å². The number of alkyl halides is 1. The molecule has 0 aliphatic carbocycles. The Morgan fingerprint density at radius 1 is 1.03 bits per heavy atom. The maximum Gasteiger partial charge on any atom is 0.138 e. The summed E-state index contributed by atoms with van der Waals surface area (Å²) in [5, 5.41) is 37.4. The van der Waals surface area contributed by atoms with E-state index < -0.39 is 12.2 Å². The van der Waals surface area contributed by atoms with Gasteiger partial charge in [-0.25, -0.2) is 4.68 Å². The molecule has 2 unspecified atom stereocenters. The molecule has 3 aromatic rings. The summed E-state index contributed by atoms with van der Waals surface area (Å²) < 4.78 is 13.5. The lowest BCUT2D eigenvalue weighted by Crippen LogP contribution is -2.25. The molecular weight excluding hydrogens is 604 g/mol. The van der Waals surface area contributed by atoms with Gasteiger partial charge in [0.2, 0.25) is 0 Å². The number of hydrogen-bond donors (Lipinski definition) is 3. The molecule has 0 bridgehead atoms. The smallest absolute Gasteiger partial charge is 0.138 e. The van der Waals surface area contributed by atoms with Crippen molar-refractivity contribution in [3.63, 3.8) is 0 Å². The van der Waals surface area contributed by atoms with Crippen molar-refractivity contribution in [2.45, 2.75) is 44.6 Å². The molecule has 1 heterocycles. The van der Waals surface area contributed by atoms with Crippen molar-refractivity contribution >= 4 is 45.8 Å². The summed E-state index contributed by atoms with van der Waals surface area (Å²) in [6.07, 6.45) is -1.54. The lowest BCUT2D eigenvalue weighted by atomic mass is 9.78. The van der Waals surface area contributed by atoms with Gasteiger partial charge in [-0.2, -0.15) is 0 Å². The summed E-state index contributed by atoms with van der Waals surface area (Å²) in [6.45, 7) is 4.36. The van der Waals surface area contributed by atoms with Gasteiger partial charge in [-0.3, -0.25) is 0 Å². The largest absolute Gasteiger partial charge is 0.491 e. The van der Waals surface area contributed by atoms with E-state index in [9.17, 15) is 15.3 Å². The third-order valence-electron chi connectivity index (χ3n) is 5.55. The van der Waals surface area contributed by atoms with Crippen molar-refractivity contribution < 1.29 is 24.8 Å². The average molecular weight is 632 g/mol. The zero-order valence-electron chi connectivity index (χ0n) is 19.4. The van der Waals surface area contributed by atoms with E-state index in [0.29, 0.717) is 25.9 Å². The van der Waals surface area contributed by atoms with Crippen LogP contribution in [0, 0.1) is 3.70 Å². The van der Waals surface area contributed by atoms with E-state index in [1.54, 1.807) is 6.07 Å². The van der Waals surface area contributed by atoms with E-state index in [4.69, 9.17) is 32.7 Å². The molecule has 0 aliphatic rings. The monoisotopic (exact) mass is 631 g/mol. The summed E-state index contributed by atoms with van der Waals surface area (Å²) in [7, 11) is 0. The van der Waals surface area contributed by atoms with E-state index in [2.05, 4.69) is 24.2 Å². The molecular formula is C24H28Cl2IN3O5. The Morgan fingerprint density at radius 2 is 1.69 bits per heavy atom. The highest BCUT2D eigenvalue weighted by Gasteiger charge is 2.24. The second-order valence-electron chi connectivity index (χ2n) is 8.55. The minimum atomic E-state index is -0.790. The van der Waals surface area contributed by atoms with Crippen LogP contribution in [0.25, 0.3) is 0 Å². The highest BCUT2D eigenvalue weighted by Crippen LogP contribution is 2.36. The molecule has 8 nitrogen and oxygen atoms in total. The van der Waals surface area contributed by atoms with Crippen LogP contribution in [0.15, 0.2) is 42.5 Å². The first-order chi connectivity index (χ1) is 16.6. The predicted octanol–water partition coefficient (Wildman–Crippen LogP) is 3.77. The number of aliphatic hydroxyl groups is 3. The number of aliphatic hydroxyl groups excluding tert-OH is 3. The van der Waals surface area contributed by atoms with E-state index >= 15 is 0 Å². The maximum atomic E-state index is 10.3. The van der Waals surface area contributed by atoms with Gasteiger partial charge in [0.15, 0.2) is 0 Å². The van der Waals surface area contributed by atoms with Crippen molar-refractivity contribution in [3.8, 4) is 11.5 Å². The molecule has 2 aromatic carbocycles. The zero-order valence-corrected chi connectivity index (χ0v) is 23.0. The van der Waals surface area contributed by atoms with Gasteiger partial charge in [0.05, 0.1) is 24.1 Å². The van der Waals surface area contributed by atoms with Gasteiger partial charge in [0, 0.05) is 5.41 Å². The predicted molar refractivity (Wildman–Crippen MR) is 142 cm³/mol. The second kappa shape index (κ2) is 12.6. The van der Waals surface area contributed by atoms with Crippen LogP contribution in [0.5, 0.6) is 11.5 Å². The summed E-state index contributed by atoms with van der Waals surface area (Å²) in [6, 6.07) is 13.3. The minimum Gasteiger partial charge on any atom is -0.491 e. The molecule has 0 saturated heterocycles. The molecule has 35 heavy (non-hydrogen) atoms. The van der Waals surface area contributed by atoms with Crippen LogP contribution >= 0.6 is 45.8 Å². The Kier molecular flexibility index (Phi) is 10.0. The van der Waals surface area contributed by atoms with E-state index in [1.807, 2.05) is 59.0 Å². The standard InChI is InChI=1S/C24H28Cl2IN3O5/c1-24(2,16-5-8-22(20(26)9-16)35-13-17(32)10-25)15-3-6-19(7-4-15)34-14-18(33)11-30-23(27)21(12-31)28-29-30/h3-9,17-18,31-33H,10-14H2,1-2H3/i27-4. The van der Waals surface area contributed by atoms with Crippen LogP contribution in [0.3, 0.4) is 0 Å². The van der Waals surface area contributed by atoms with Gasteiger partial charge in [-0.15, -0.1) is 16.7 Å². The molecule has 0 radical (unpaired) electrons. The number of rotatable bonds is 12. The van der Waals surface area contributed by atoms with Crippen LogP contribution in [-0.2, 0) is 18.6 Å². The van der Waals surface area contributed by atoms with Crippen LogP contribution in [0.2, 0.25) is 5.02 Å². The number of aromatic nitrogens is 3. The molecule has 0 aliphatic heterocycles. The van der Waals surface area contributed by atoms with E-state index in [0.717, 1.165) is 11.1 Å². The molecule has 3 N–H and O–H groups in total. The highest BCUT2D eigenvalue weighted by atomic mass is 123. The lowest BCUT2D eigenvalue weighted by Gasteiger charge is -2.27. The molecule has 0 saturated carbocycles. The first kappa shape index (κ1) is 27.9. The van der Waals surface area contributed by atoms with Gasteiger partial charge in [-0.1, -0.05) is 48.9 Å². The summed E-state index contributed by atoms with van der Waals surface area (Å²) >= 11 is 14.1. The van der Waals surface area contributed by atoms with Crippen LogP contribution in [0.4, 0.5) is 0 Å². The van der Waals surface area contributed by atoms with Crippen molar-refractivity contribution in [1.29, 1.82) is 0 Å². The number of halogens is 3. The van der Waals surface area contributed by atoms with Gasteiger partial charge in [0.1, 0.15) is 46.3 Å². The Hall–Kier alpha value is -1.63. The Morgan fingerprint density at radius 3 is 2.29 bits per heavy atom. The van der Waals surface area contributed by atoms with Crippen molar-refractivity contribution in [2.75, 3.05) is 19.1 Å². The Labute approximate surface area is 227 Å². The normalized spacial score (nSPS) is 13.5. The summed E-state index contributed by atoms with van der Waals surface area (Å²) in [5.74, 6) is 1.21. The molecule has 1 aromatic heterocycles. The fraction of sp³-hybridized carbons (Fsp3) is 0.417. The average Bonchev–Trinajstić information content (AvgIpc) is 3.20. The lowest BCUT2D eigenvalue weighted by molar-refractivity contribution is 0.0881. The van der Waals surface area contributed by atoms with Crippen LogP contribution in [-0.4, -0.2) is 61.6 Å². The molecule has 2 atom stereocenters. The van der Waals surface area contributed by atoms with Gasteiger partial charge in [-0.05, 0) is 58.0 Å². The highest BCUT2D eigenvalue weighted by molar-refractivity contribution is 14.1. The number of nitrogens with zero attached hydrogens (tertiary/aromatic N) is 3. The fourth-order valence-corrected chi connectivity index (χ4v) is 4.26. The number of hydrogen-bond acceptors (Lipinski definition) is 7. The van der Waals surface area contributed by atoms with E-state index in [1.165, 1.54) is 4.68 Å². The number of ether oxygens (including phenoxy) is 2. The first-order valence-corrected chi connectivity index (χ1v) is 12.9. The van der Waals surface area contributed by atoms with E-state index in [-0.39, 0.29) is 37.7 Å². The fourth-order valence-electron chi connectivity index (χ4n) is 3.37. The first-order valence-electron chi connectivity index (χ1n) is 10.9. The zero-order chi connectivity index (χ0) is 25.6. The topological polar surface area (TPSA) is 110 Å². The van der Waals surface area contributed by atoms with Crippen molar-refractivity contribution in [2.24, 2.45) is 0 Å². The van der Waals surface area contributed by atoms with Gasteiger partial charge < -0.3 is 24.8 Å². The van der Waals surface area contributed by atoms with Crippen molar-refractivity contribution in [3.05, 3.63) is 68.0 Å². The van der Waals surface area contributed by atoms with Crippen LogP contribution in [0.1, 0.15) is 30.7 Å². The molecule has 0 fully saturated rings. The summed E-state index contributed by atoms with van der Waals surface area (Å²) in [4.78, 5) is 0. The molecule has 3 rings (SSSR count). The van der Waals surface area contributed by atoms with Crippen molar-refractivity contribution in [1.82, 2.24) is 15.0 Å². The van der Waals surface area contributed by atoms with Gasteiger partial charge >= 0.3 is 0 Å². The SMILES string of the molecule is CC(C)(c1ccc(OCC(O)Cn2nnc(CO)c2[123I])cc1)c1ccc(OCC(O)CCl)c(Cl)c1. The molecule has 11 heteroatoms. The molecule has 190 valence electrons. The molecule has 0 amide bonds. The Balaban J connectivity index is 1.60. The molecule has 0 spiro atoms. The minimum absolute atomic E-state index is 0.0733. The van der Waals surface area contributed by atoms with Gasteiger partial charge in [0.25, 0.3) is 0 Å². The maximum absolute atomic E-state index is 10.3. The second-order valence-corrected chi connectivity index (χ2v) is 10.3. The third kappa shape index (κ3) is 7.21. The number of benzene rings is 2. The Bertz CT molecular complexity index is 1110. The third-order valence-corrected chi connectivity index (χ3v) is 7.38. The quantitative estimate of drug-likeness (QED) is 0.206. The summed E-state index contributed by atoms with van der Waals surface area (Å²) in [5.41, 5.74) is 2.19.